The molecule has 2 aliphatic rings. The summed E-state index contributed by atoms with van der Waals surface area (Å²) in [6.45, 7) is 5.91. The first kappa shape index (κ1) is 22.1. The van der Waals surface area contributed by atoms with E-state index in [2.05, 4.69) is 12.2 Å². The minimum absolute atomic E-state index is 0.0585. The summed E-state index contributed by atoms with van der Waals surface area (Å²) < 4.78 is 0. The van der Waals surface area contributed by atoms with Crippen molar-refractivity contribution < 1.29 is 14.5 Å². The maximum Gasteiger partial charge on any atom is 0.269 e. The summed E-state index contributed by atoms with van der Waals surface area (Å²) in [7, 11) is 0. The number of anilines is 1. The molecule has 1 aromatic carbocycles. The number of likely N-dealkylation sites (tertiary alicyclic amines) is 2. The van der Waals surface area contributed by atoms with E-state index in [4.69, 9.17) is 0 Å². The Bertz CT molecular complexity index is 744. The lowest BCUT2D eigenvalue weighted by Crippen LogP contribution is -2.47. The molecular formula is C22H32N4O4. The maximum absolute atomic E-state index is 12.8. The summed E-state index contributed by atoms with van der Waals surface area (Å²) in [5, 5.41) is 13.9. The van der Waals surface area contributed by atoms with Crippen molar-refractivity contribution in [1.29, 1.82) is 0 Å². The molecule has 0 bridgehead atoms. The number of amides is 2. The molecule has 30 heavy (non-hydrogen) atoms. The lowest BCUT2D eigenvalue weighted by atomic mass is 9.92. The Labute approximate surface area is 177 Å². The van der Waals surface area contributed by atoms with Crippen LogP contribution in [0.3, 0.4) is 0 Å². The number of hydrogen-bond acceptors (Lipinski definition) is 5. The lowest BCUT2D eigenvalue weighted by Gasteiger charge is -2.37. The Morgan fingerprint density at radius 3 is 2.43 bits per heavy atom. The minimum atomic E-state index is -0.424. The van der Waals surface area contributed by atoms with E-state index >= 15 is 0 Å². The molecule has 2 amide bonds. The fourth-order valence-electron chi connectivity index (χ4n) is 4.36. The first-order valence-electron chi connectivity index (χ1n) is 11.0. The van der Waals surface area contributed by atoms with Crippen molar-refractivity contribution in [2.24, 2.45) is 11.8 Å². The number of benzene rings is 1. The van der Waals surface area contributed by atoms with E-state index in [1.54, 1.807) is 12.1 Å². The van der Waals surface area contributed by atoms with Crippen molar-refractivity contribution >= 4 is 23.2 Å². The van der Waals surface area contributed by atoms with Crippen LogP contribution in [0.15, 0.2) is 24.3 Å². The second-order valence-electron chi connectivity index (χ2n) is 8.52. The normalized spacial score (nSPS) is 20.1. The summed E-state index contributed by atoms with van der Waals surface area (Å²) in [5.41, 5.74) is 0.867. The summed E-state index contributed by atoms with van der Waals surface area (Å²) in [6, 6.07) is 6.27. The zero-order valence-corrected chi connectivity index (χ0v) is 17.7. The van der Waals surface area contributed by atoms with Gasteiger partial charge in [-0.2, -0.15) is 0 Å². The molecule has 0 saturated carbocycles. The van der Waals surface area contributed by atoms with Crippen molar-refractivity contribution in [3.63, 3.8) is 0 Å². The molecule has 8 nitrogen and oxygen atoms in total. The van der Waals surface area contributed by atoms with Crippen LogP contribution < -0.4 is 5.32 Å². The smallest absolute Gasteiger partial charge is 0.269 e. The van der Waals surface area contributed by atoms with Crippen LogP contribution in [0.4, 0.5) is 11.4 Å². The van der Waals surface area contributed by atoms with Gasteiger partial charge in [0.1, 0.15) is 0 Å². The Morgan fingerprint density at radius 1 is 1.10 bits per heavy atom. The molecule has 0 aromatic heterocycles. The molecule has 1 atom stereocenters. The molecule has 2 saturated heterocycles. The predicted octanol–water partition coefficient (Wildman–Crippen LogP) is 3.28. The van der Waals surface area contributed by atoms with E-state index in [0.717, 1.165) is 38.0 Å². The van der Waals surface area contributed by atoms with Gasteiger partial charge in [0.25, 0.3) is 5.69 Å². The van der Waals surface area contributed by atoms with E-state index in [1.165, 1.54) is 18.6 Å². The van der Waals surface area contributed by atoms with Crippen LogP contribution in [-0.2, 0) is 9.59 Å². The molecule has 1 N–H and O–H groups in total. The van der Waals surface area contributed by atoms with Gasteiger partial charge in [-0.25, -0.2) is 0 Å². The quantitative estimate of drug-likeness (QED) is 0.418. The van der Waals surface area contributed by atoms with E-state index < -0.39 is 4.92 Å². The average molecular weight is 417 g/mol. The van der Waals surface area contributed by atoms with E-state index in [1.807, 2.05) is 9.80 Å². The highest BCUT2D eigenvalue weighted by molar-refractivity contribution is 5.80. The molecule has 0 spiro atoms. The van der Waals surface area contributed by atoms with Gasteiger partial charge >= 0.3 is 0 Å². The molecule has 0 radical (unpaired) electrons. The van der Waals surface area contributed by atoms with Gasteiger partial charge in [-0.15, -0.1) is 0 Å². The Balaban J connectivity index is 1.34. The Kier molecular flexibility index (Phi) is 7.65. The topological polar surface area (TPSA) is 95.8 Å². The second-order valence-corrected chi connectivity index (χ2v) is 8.52. The third-order valence-corrected chi connectivity index (χ3v) is 6.14. The van der Waals surface area contributed by atoms with E-state index in [9.17, 15) is 19.7 Å². The molecule has 164 valence electrons. The number of rotatable bonds is 7. The fraction of sp³-hybridized carbons (Fsp3) is 0.636. The van der Waals surface area contributed by atoms with Crippen LogP contribution in [0.2, 0.25) is 0 Å². The standard InChI is InChI=1S/C22H32N4O4/c1-17-4-3-13-25(16-17)22(28)18-10-14-24(15-11-18)21(27)5-2-12-23-19-6-8-20(9-7-19)26(29)30/h6-9,17-18,23H,2-5,10-16H2,1H3. The van der Waals surface area contributed by atoms with Gasteiger partial charge < -0.3 is 15.1 Å². The molecule has 2 fully saturated rings. The number of nitrogens with zero attached hydrogens (tertiary/aromatic N) is 3. The van der Waals surface area contributed by atoms with Crippen molar-refractivity contribution in [3.05, 3.63) is 34.4 Å². The third kappa shape index (κ3) is 5.93. The zero-order chi connectivity index (χ0) is 21.5. The second kappa shape index (κ2) is 10.4. The number of nitrogens with one attached hydrogen (secondary N) is 1. The monoisotopic (exact) mass is 416 g/mol. The van der Waals surface area contributed by atoms with Crippen LogP contribution in [0.25, 0.3) is 0 Å². The summed E-state index contributed by atoms with van der Waals surface area (Å²) in [4.78, 5) is 39.4. The van der Waals surface area contributed by atoms with Gasteiger partial charge in [0.2, 0.25) is 11.8 Å². The maximum atomic E-state index is 12.8. The van der Waals surface area contributed by atoms with Crippen LogP contribution in [-0.4, -0.2) is 59.3 Å². The number of piperidine rings is 2. The first-order chi connectivity index (χ1) is 14.4. The molecule has 2 heterocycles. The van der Waals surface area contributed by atoms with Crippen molar-refractivity contribution in [1.82, 2.24) is 9.80 Å². The summed E-state index contributed by atoms with van der Waals surface area (Å²) >= 11 is 0. The highest BCUT2D eigenvalue weighted by atomic mass is 16.6. The minimum Gasteiger partial charge on any atom is -0.385 e. The van der Waals surface area contributed by atoms with Gasteiger partial charge in [0.05, 0.1) is 4.92 Å². The highest BCUT2D eigenvalue weighted by Crippen LogP contribution is 2.24. The largest absolute Gasteiger partial charge is 0.385 e. The molecular weight excluding hydrogens is 384 g/mol. The van der Waals surface area contributed by atoms with Crippen LogP contribution in [0.5, 0.6) is 0 Å². The average Bonchev–Trinajstić information content (AvgIpc) is 2.76. The third-order valence-electron chi connectivity index (χ3n) is 6.14. The first-order valence-corrected chi connectivity index (χ1v) is 11.0. The van der Waals surface area contributed by atoms with Gasteiger partial charge in [-0.1, -0.05) is 6.92 Å². The molecule has 3 rings (SSSR count). The summed E-state index contributed by atoms with van der Waals surface area (Å²) in [5.74, 6) is 1.06. The zero-order valence-electron chi connectivity index (χ0n) is 17.7. The molecule has 0 aliphatic carbocycles. The van der Waals surface area contributed by atoms with E-state index in [0.29, 0.717) is 38.4 Å². The fourth-order valence-corrected chi connectivity index (χ4v) is 4.36. The number of carbonyl (C=O) groups excluding carboxylic acids is 2. The molecule has 2 aliphatic heterocycles. The molecule has 8 heteroatoms. The number of carbonyl (C=O) groups is 2. The van der Waals surface area contributed by atoms with Gasteiger partial charge in [-0.05, 0) is 50.2 Å². The Morgan fingerprint density at radius 2 is 1.80 bits per heavy atom. The molecule has 1 unspecified atom stereocenters. The van der Waals surface area contributed by atoms with Crippen LogP contribution in [0.1, 0.15) is 45.4 Å². The van der Waals surface area contributed by atoms with Gasteiger partial charge in [-0.3, -0.25) is 19.7 Å². The van der Waals surface area contributed by atoms with Crippen molar-refractivity contribution in [2.45, 2.75) is 45.4 Å². The number of non-ortho nitro benzene ring substituents is 1. The summed E-state index contributed by atoms with van der Waals surface area (Å²) in [6.07, 6.45) is 4.98. The number of hydrogen-bond donors (Lipinski definition) is 1. The number of nitro benzene ring substituents is 1. The Hall–Kier alpha value is -2.64. The van der Waals surface area contributed by atoms with Gasteiger partial charge in [0.15, 0.2) is 0 Å². The van der Waals surface area contributed by atoms with Crippen molar-refractivity contribution in [2.75, 3.05) is 38.0 Å². The predicted molar refractivity (Wildman–Crippen MR) is 115 cm³/mol. The van der Waals surface area contributed by atoms with Crippen LogP contribution in [0, 0.1) is 22.0 Å². The SMILES string of the molecule is CC1CCCN(C(=O)C2CCN(C(=O)CCCNc3ccc([N+](=O)[O-])cc3)CC2)C1. The molecule has 1 aromatic rings. The van der Waals surface area contributed by atoms with Gasteiger partial charge in [0, 0.05) is 62.9 Å². The van der Waals surface area contributed by atoms with E-state index in [-0.39, 0.29) is 23.4 Å². The van der Waals surface area contributed by atoms with Crippen molar-refractivity contribution in [3.8, 4) is 0 Å². The van der Waals surface area contributed by atoms with Crippen LogP contribution >= 0.6 is 0 Å². The number of nitro groups is 1. The lowest BCUT2D eigenvalue weighted by molar-refractivity contribution is -0.384. The highest BCUT2D eigenvalue weighted by Gasteiger charge is 2.31.